The summed E-state index contributed by atoms with van der Waals surface area (Å²) in [5.74, 6) is 0. The normalized spacial score (nSPS) is 12.5. The molecule has 0 aromatic carbocycles. The van der Waals surface area contributed by atoms with Crippen molar-refractivity contribution < 1.29 is 8.42 Å². The Labute approximate surface area is 89.0 Å². The van der Waals surface area contributed by atoms with Crippen molar-refractivity contribution in [3.63, 3.8) is 0 Å². The molecule has 15 heavy (non-hydrogen) atoms. The van der Waals surface area contributed by atoms with Gasteiger partial charge in [0.1, 0.15) is 13.1 Å². The summed E-state index contributed by atoms with van der Waals surface area (Å²) in [6.45, 7) is 0.741. The van der Waals surface area contributed by atoms with Gasteiger partial charge in [-0.2, -0.15) is 20.1 Å². The Morgan fingerprint density at radius 2 is 1.67 bits per heavy atom. The van der Waals surface area contributed by atoms with Crippen LogP contribution in [0.4, 0.5) is 0 Å². The Hall–Kier alpha value is -1.62. The standard InChI is InChI=1S/C8H10N4O2S/c1-2-8(7-11)15(13,14)12(5-3-9)6-4-10/h8H,2,5-6H2,1H3. The van der Waals surface area contributed by atoms with E-state index in [9.17, 15) is 8.42 Å². The van der Waals surface area contributed by atoms with Crippen LogP contribution in [0, 0.1) is 34.0 Å². The van der Waals surface area contributed by atoms with Crippen LogP contribution < -0.4 is 0 Å². The fourth-order valence-corrected chi connectivity index (χ4v) is 2.33. The van der Waals surface area contributed by atoms with E-state index in [4.69, 9.17) is 15.8 Å². The van der Waals surface area contributed by atoms with E-state index >= 15 is 0 Å². The molecular weight excluding hydrogens is 216 g/mol. The van der Waals surface area contributed by atoms with E-state index in [0.29, 0.717) is 4.31 Å². The van der Waals surface area contributed by atoms with E-state index < -0.39 is 28.4 Å². The van der Waals surface area contributed by atoms with Gasteiger partial charge in [-0.25, -0.2) is 8.42 Å². The van der Waals surface area contributed by atoms with Gasteiger partial charge in [0.2, 0.25) is 10.0 Å². The quantitative estimate of drug-likeness (QED) is 0.611. The summed E-state index contributed by atoms with van der Waals surface area (Å²) in [7, 11) is -3.86. The molecule has 0 radical (unpaired) electrons. The number of hydrogen-bond acceptors (Lipinski definition) is 5. The highest BCUT2D eigenvalue weighted by Gasteiger charge is 2.30. The van der Waals surface area contributed by atoms with Crippen molar-refractivity contribution in [2.45, 2.75) is 18.6 Å². The Morgan fingerprint density at radius 3 is 1.93 bits per heavy atom. The summed E-state index contributed by atoms with van der Waals surface area (Å²) >= 11 is 0. The van der Waals surface area contributed by atoms with E-state index in [1.807, 2.05) is 0 Å². The molecule has 1 atom stereocenters. The third-order valence-electron chi connectivity index (χ3n) is 1.73. The van der Waals surface area contributed by atoms with Crippen molar-refractivity contribution in [3.05, 3.63) is 0 Å². The Balaban J connectivity index is 5.07. The molecule has 0 aromatic heterocycles. The van der Waals surface area contributed by atoms with Gasteiger partial charge in [-0.05, 0) is 6.42 Å². The zero-order valence-electron chi connectivity index (χ0n) is 8.21. The molecule has 0 spiro atoms. The van der Waals surface area contributed by atoms with Crippen LogP contribution >= 0.6 is 0 Å². The van der Waals surface area contributed by atoms with Gasteiger partial charge in [-0.3, -0.25) is 0 Å². The zero-order valence-corrected chi connectivity index (χ0v) is 9.03. The second-order valence-electron chi connectivity index (χ2n) is 2.66. The third kappa shape index (κ3) is 3.21. The Morgan fingerprint density at radius 1 is 1.20 bits per heavy atom. The van der Waals surface area contributed by atoms with Crippen LogP contribution in [0.3, 0.4) is 0 Å². The predicted octanol–water partition coefficient (Wildman–Crippen LogP) is -0.0325. The lowest BCUT2D eigenvalue weighted by molar-refractivity contribution is 0.472. The number of nitrogens with zero attached hydrogens (tertiary/aromatic N) is 4. The van der Waals surface area contributed by atoms with Gasteiger partial charge in [-0.1, -0.05) is 6.92 Å². The summed E-state index contributed by atoms with van der Waals surface area (Å²) < 4.78 is 24.1. The molecule has 0 saturated heterocycles. The van der Waals surface area contributed by atoms with Crippen LogP contribution in [0.5, 0.6) is 0 Å². The maximum atomic E-state index is 11.7. The summed E-state index contributed by atoms with van der Waals surface area (Å²) in [4.78, 5) is 0. The van der Waals surface area contributed by atoms with Gasteiger partial charge < -0.3 is 0 Å². The molecule has 0 fully saturated rings. The average Bonchev–Trinajstić information content (AvgIpc) is 2.19. The highest BCUT2D eigenvalue weighted by Crippen LogP contribution is 2.10. The van der Waals surface area contributed by atoms with Gasteiger partial charge in [0.05, 0.1) is 18.2 Å². The molecule has 0 amide bonds. The number of hydrogen-bond donors (Lipinski definition) is 0. The maximum Gasteiger partial charge on any atom is 0.232 e. The Kier molecular flexibility index (Phi) is 5.33. The van der Waals surface area contributed by atoms with Crippen LogP contribution in [0.2, 0.25) is 0 Å². The van der Waals surface area contributed by atoms with E-state index in [1.165, 1.54) is 0 Å². The summed E-state index contributed by atoms with van der Waals surface area (Å²) in [6.07, 6.45) is 0.131. The number of nitriles is 3. The molecule has 6 nitrogen and oxygen atoms in total. The lowest BCUT2D eigenvalue weighted by Gasteiger charge is -2.18. The summed E-state index contributed by atoms with van der Waals surface area (Å²) in [5.41, 5.74) is 0. The van der Waals surface area contributed by atoms with Gasteiger partial charge in [0.25, 0.3) is 0 Å². The first-order valence-corrected chi connectivity index (χ1v) is 5.67. The third-order valence-corrected chi connectivity index (χ3v) is 3.86. The van der Waals surface area contributed by atoms with Crippen molar-refractivity contribution in [3.8, 4) is 18.2 Å². The molecule has 0 aliphatic heterocycles. The monoisotopic (exact) mass is 226 g/mol. The molecule has 1 unspecified atom stereocenters. The van der Waals surface area contributed by atoms with Crippen LogP contribution in [0.15, 0.2) is 0 Å². The molecule has 0 aliphatic rings. The van der Waals surface area contributed by atoms with Crippen molar-refractivity contribution >= 4 is 10.0 Å². The average molecular weight is 226 g/mol. The highest BCUT2D eigenvalue weighted by molar-refractivity contribution is 7.90. The van der Waals surface area contributed by atoms with Crippen LogP contribution in [-0.2, 0) is 10.0 Å². The summed E-state index contributed by atoms with van der Waals surface area (Å²) in [6, 6.07) is 4.94. The van der Waals surface area contributed by atoms with Crippen molar-refractivity contribution in [1.29, 1.82) is 15.8 Å². The SMILES string of the molecule is CCC(C#N)S(=O)(=O)N(CC#N)CC#N. The van der Waals surface area contributed by atoms with Crippen LogP contribution in [0.1, 0.15) is 13.3 Å². The molecule has 0 aromatic rings. The zero-order chi connectivity index (χ0) is 11.9. The van der Waals surface area contributed by atoms with E-state index in [1.54, 1.807) is 25.1 Å². The smallest absolute Gasteiger partial charge is 0.211 e. The lowest BCUT2D eigenvalue weighted by atomic mass is 10.4. The number of rotatable bonds is 5. The molecule has 0 N–H and O–H groups in total. The molecule has 0 rings (SSSR count). The van der Waals surface area contributed by atoms with Crippen LogP contribution in [-0.4, -0.2) is 31.1 Å². The second kappa shape index (κ2) is 5.98. The van der Waals surface area contributed by atoms with Crippen molar-refractivity contribution in [2.24, 2.45) is 0 Å². The second-order valence-corrected chi connectivity index (χ2v) is 4.77. The summed E-state index contributed by atoms with van der Waals surface area (Å²) in [5, 5.41) is 24.2. The van der Waals surface area contributed by atoms with Crippen LogP contribution in [0.25, 0.3) is 0 Å². The molecular formula is C8H10N4O2S. The molecule has 0 saturated carbocycles. The minimum Gasteiger partial charge on any atom is -0.211 e. The largest absolute Gasteiger partial charge is 0.232 e. The fourth-order valence-electron chi connectivity index (χ4n) is 0.942. The minimum absolute atomic E-state index is 0.131. The first-order chi connectivity index (χ1) is 7.04. The first-order valence-electron chi connectivity index (χ1n) is 4.17. The topological polar surface area (TPSA) is 109 Å². The minimum atomic E-state index is -3.86. The van der Waals surface area contributed by atoms with Gasteiger partial charge in [0.15, 0.2) is 5.25 Å². The molecule has 0 aliphatic carbocycles. The van der Waals surface area contributed by atoms with Crippen molar-refractivity contribution in [2.75, 3.05) is 13.1 Å². The first kappa shape index (κ1) is 13.4. The molecule has 0 bridgehead atoms. The molecule has 0 heterocycles. The van der Waals surface area contributed by atoms with E-state index in [2.05, 4.69) is 0 Å². The highest BCUT2D eigenvalue weighted by atomic mass is 32.2. The van der Waals surface area contributed by atoms with E-state index in [0.717, 1.165) is 0 Å². The van der Waals surface area contributed by atoms with Gasteiger partial charge >= 0.3 is 0 Å². The predicted molar refractivity (Wildman–Crippen MR) is 51.4 cm³/mol. The van der Waals surface area contributed by atoms with E-state index in [-0.39, 0.29) is 6.42 Å². The molecule has 80 valence electrons. The Bertz CT molecular complexity index is 407. The number of sulfonamides is 1. The fraction of sp³-hybridized carbons (Fsp3) is 0.625. The van der Waals surface area contributed by atoms with Gasteiger partial charge in [0, 0.05) is 0 Å². The lowest BCUT2D eigenvalue weighted by Crippen LogP contribution is -2.38. The van der Waals surface area contributed by atoms with Gasteiger partial charge in [-0.15, -0.1) is 0 Å². The van der Waals surface area contributed by atoms with Crippen molar-refractivity contribution in [1.82, 2.24) is 4.31 Å². The maximum absolute atomic E-state index is 11.7. The molecule has 7 heteroatoms.